The number of carbonyl (C=O) groups is 3. The van der Waals surface area contributed by atoms with E-state index in [2.05, 4.69) is 25.2 Å². The van der Waals surface area contributed by atoms with Gasteiger partial charge in [-0.15, -0.1) is 0 Å². The molecule has 2 aliphatic heterocycles. The maximum Gasteiger partial charge on any atom is 0.490 e. The van der Waals surface area contributed by atoms with Crippen molar-refractivity contribution in [3.63, 3.8) is 0 Å². The Hall–Kier alpha value is -4.02. The van der Waals surface area contributed by atoms with Gasteiger partial charge >= 0.3 is 24.3 Å². The second-order valence-electron chi connectivity index (χ2n) is 7.76. The van der Waals surface area contributed by atoms with Gasteiger partial charge in [0.2, 0.25) is 5.91 Å². The van der Waals surface area contributed by atoms with Crippen LogP contribution in [0.25, 0.3) is 0 Å². The molecule has 208 valence electrons. The van der Waals surface area contributed by atoms with E-state index in [9.17, 15) is 31.1 Å². The SMILES string of the molecule is O=C(NCc1ccccn1)[C@H]1CO[C@@H]2CN(c3ccncn3)C[C@H]12.O=C(O)C(F)(F)F.O=C(O)C(F)(F)F. The first kappa shape index (κ1) is 30.2. The Kier molecular flexibility index (Phi) is 10.3. The van der Waals surface area contributed by atoms with Crippen LogP contribution in [0.3, 0.4) is 0 Å². The molecule has 0 unspecified atom stereocenters. The lowest BCUT2D eigenvalue weighted by molar-refractivity contribution is -0.193. The van der Waals surface area contributed by atoms with Crippen LogP contribution in [-0.4, -0.2) is 81.2 Å². The fourth-order valence-corrected chi connectivity index (χ4v) is 3.45. The van der Waals surface area contributed by atoms with Crippen LogP contribution in [0.4, 0.5) is 32.2 Å². The number of alkyl halides is 6. The molecule has 0 aliphatic carbocycles. The number of pyridine rings is 1. The number of carboxylic acid groups (broad SMARTS) is 2. The van der Waals surface area contributed by atoms with Crippen molar-refractivity contribution in [3.8, 4) is 0 Å². The highest BCUT2D eigenvalue weighted by atomic mass is 19.4. The minimum atomic E-state index is -5.08. The van der Waals surface area contributed by atoms with E-state index in [0.29, 0.717) is 13.2 Å². The van der Waals surface area contributed by atoms with Gasteiger partial charge in [-0.3, -0.25) is 9.78 Å². The summed E-state index contributed by atoms with van der Waals surface area (Å²) in [6.45, 7) is 2.49. The molecule has 2 aliphatic rings. The number of aromatic nitrogens is 3. The minimum Gasteiger partial charge on any atom is -0.475 e. The van der Waals surface area contributed by atoms with Gasteiger partial charge in [0.05, 0.1) is 30.9 Å². The first-order chi connectivity index (χ1) is 17.7. The number of fused-ring (bicyclic) bond motifs is 1. The van der Waals surface area contributed by atoms with Crippen LogP contribution in [0.15, 0.2) is 43.0 Å². The highest BCUT2D eigenvalue weighted by Crippen LogP contribution is 2.35. The first-order valence-corrected chi connectivity index (χ1v) is 10.6. The maximum atomic E-state index is 12.5. The Balaban J connectivity index is 0.000000301. The van der Waals surface area contributed by atoms with Crippen LogP contribution in [0.1, 0.15) is 5.69 Å². The summed E-state index contributed by atoms with van der Waals surface area (Å²) in [6.07, 6.45) is -5.08. The van der Waals surface area contributed by atoms with Crippen molar-refractivity contribution in [2.45, 2.75) is 25.0 Å². The van der Waals surface area contributed by atoms with Crippen LogP contribution in [0.2, 0.25) is 0 Å². The summed E-state index contributed by atoms with van der Waals surface area (Å²) in [6, 6.07) is 7.57. The fraction of sp³-hybridized carbons (Fsp3) is 0.429. The molecule has 0 aromatic carbocycles. The number of hydrogen-bond donors (Lipinski definition) is 3. The Labute approximate surface area is 210 Å². The van der Waals surface area contributed by atoms with Gasteiger partial charge in [0.1, 0.15) is 12.1 Å². The zero-order valence-corrected chi connectivity index (χ0v) is 19.2. The van der Waals surface area contributed by atoms with Crippen molar-refractivity contribution in [2.24, 2.45) is 11.8 Å². The lowest BCUT2D eigenvalue weighted by atomic mass is 9.92. The van der Waals surface area contributed by atoms with E-state index >= 15 is 0 Å². The van der Waals surface area contributed by atoms with Crippen molar-refractivity contribution >= 4 is 23.7 Å². The monoisotopic (exact) mass is 553 g/mol. The van der Waals surface area contributed by atoms with E-state index in [1.165, 1.54) is 0 Å². The molecule has 4 heterocycles. The van der Waals surface area contributed by atoms with Crippen LogP contribution in [-0.2, 0) is 25.7 Å². The number of hydrogen-bond acceptors (Lipinski definition) is 8. The van der Waals surface area contributed by atoms with Gasteiger partial charge in [-0.2, -0.15) is 26.3 Å². The summed E-state index contributed by atoms with van der Waals surface area (Å²) in [5, 5.41) is 17.2. The normalized spacial score (nSPS) is 20.3. The summed E-state index contributed by atoms with van der Waals surface area (Å²) in [5.74, 6) is -4.51. The van der Waals surface area contributed by atoms with Crippen molar-refractivity contribution in [2.75, 3.05) is 24.6 Å². The van der Waals surface area contributed by atoms with Crippen molar-refractivity contribution in [1.29, 1.82) is 0 Å². The highest BCUT2D eigenvalue weighted by Gasteiger charge is 2.47. The molecule has 0 saturated carbocycles. The average Bonchev–Trinajstić information content (AvgIpc) is 3.45. The summed E-state index contributed by atoms with van der Waals surface area (Å²) in [7, 11) is 0. The third-order valence-corrected chi connectivity index (χ3v) is 5.20. The van der Waals surface area contributed by atoms with Crippen LogP contribution >= 0.6 is 0 Å². The molecule has 11 nitrogen and oxygen atoms in total. The van der Waals surface area contributed by atoms with Crippen molar-refractivity contribution < 1.29 is 55.7 Å². The van der Waals surface area contributed by atoms with Gasteiger partial charge in [0.25, 0.3) is 0 Å². The largest absolute Gasteiger partial charge is 0.490 e. The number of carboxylic acids is 2. The smallest absolute Gasteiger partial charge is 0.475 e. The van der Waals surface area contributed by atoms with Crippen molar-refractivity contribution in [1.82, 2.24) is 20.3 Å². The predicted molar refractivity (Wildman–Crippen MR) is 114 cm³/mol. The van der Waals surface area contributed by atoms with Crippen molar-refractivity contribution in [3.05, 3.63) is 48.7 Å². The molecule has 2 aromatic rings. The van der Waals surface area contributed by atoms with Crippen LogP contribution < -0.4 is 10.2 Å². The summed E-state index contributed by atoms with van der Waals surface area (Å²) >= 11 is 0. The molecule has 0 spiro atoms. The molecule has 17 heteroatoms. The third kappa shape index (κ3) is 9.13. The number of rotatable bonds is 4. The molecule has 0 radical (unpaired) electrons. The number of carbonyl (C=O) groups excluding carboxylic acids is 1. The average molecular weight is 553 g/mol. The Morgan fingerprint density at radius 2 is 1.61 bits per heavy atom. The van der Waals surface area contributed by atoms with Gasteiger partial charge in [0.15, 0.2) is 0 Å². The van der Waals surface area contributed by atoms with E-state index in [1.54, 1.807) is 18.7 Å². The molecule has 3 atom stereocenters. The quantitative estimate of drug-likeness (QED) is 0.478. The number of aliphatic carboxylic acids is 2. The molecule has 38 heavy (non-hydrogen) atoms. The zero-order valence-electron chi connectivity index (χ0n) is 19.2. The van der Waals surface area contributed by atoms with E-state index in [4.69, 9.17) is 24.5 Å². The third-order valence-electron chi connectivity index (χ3n) is 5.20. The minimum absolute atomic E-state index is 0.0395. The zero-order chi connectivity index (χ0) is 28.5. The second kappa shape index (κ2) is 13.0. The summed E-state index contributed by atoms with van der Waals surface area (Å²) in [5.41, 5.74) is 0.857. The van der Waals surface area contributed by atoms with Gasteiger partial charge in [-0.1, -0.05) is 6.07 Å². The van der Waals surface area contributed by atoms with Gasteiger partial charge in [-0.25, -0.2) is 19.6 Å². The Morgan fingerprint density at radius 3 is 2.11 bits per heavy atom. The van der Waals surface area contributed by atoms with Crippen LogP contribution in [0, 0.1) is 11.8 Å². The molecule has 1 amide bonds. The van der Waals surface area contributed by atoms with Gasteiger partial charge in [-0.05, 0) is 18.2 Å². The van der Waals surface area contributed by atoms with Crippen LogP contribution in [0.5, 0.6) is 0 Å². The molecular weight excluding hydrogens is 532 g/mol. The Bertz CT molecular complexity index is 1050. The second-order valence-corrected chi connectivity index (χ2v) is 7.76. The maximum absolute atomic E-state index is 12.5. The fourth-order valence-electron chi connectivity index (χ4n) is 3.45. The molecular formula is C21H21F6N5O6. The van der Waals surface area contributed by atoms with E-state index < -0.39 is 24.3 Å². The molecule has 4 rings (SSSR count). The summed E-state index contributed by atoms with van der Waals surface area (Å²) < 4.78 is 69.3. The predicted octanol–water partition coefficient (Wildman–Crippen LogP) is 1.91. The number of halogens is 6. The molecule has 0 bridgehead atoms. The van der Waals surface area contributed by atoms with Gasteiger partial charge in [0, 0.05) is 31.4 Å². The molecule has 2 fully saturated rings. The number of amides is 1. The standard InChI is InChI=1S/C17H19N5O2.2C2HF3O2/c23-17(20-7-12-3-1-2-5-19-12)14-10-24-15-9-22(8-13(14)15)16-4-6-18-11-21-16;2*3-2(4,5)1(6)7/h1-6,11,13-15H,7-10H2,(H,20,23);2*(H,6,7)/t13-,14+,15-;;/m1../s1. The first-order valence-electron chi connectivity index (χ1n) is 10.6. The summed E-state index contributed by atoms with van der Waals surface area (Å²) in [4.78, 5) is 45.0. The number of ether oxygens (including phenoxy) is 1. The molecule has 2 aromatic heterocycles. The topological polar surface area (TPSA) is 155 Å². The Morgan fingerprint density at radius 1 is 0.974 bits per heavy atom. The lowest BCUT2D eigenvalue weighted by Gasteiger charge is -2.20. The number of anilines is 1. The lowest BCUT2D eigenvalue weighted by Crippen LogP contribution is -2.36. The highest BCUT2D eigenvalue weighted by molar-refractivity contribution is 5.79. The van der Waals surface area contributed by atoms with E-state index in [-0.39, 0.29) is 23.8 Å². The van der Waals surface area contributed by atoms with E-state index in [0.717, 1.165) is 24.6 Å². The molecule has 3 N–H and O–H groups in total. The van der Waals surface area contributed by atoms with Gasteiger partial charge < -0.3 is 25.2 Å². The number of nitrogens with zero attached hydrogens (tertiary/aromatic N) is 4. The number of nitrogens with one attached hydrogen (secondary N) is 1. The molecule has 2 saturated heterocycles. The van der Waals surface area contributed by atoms with E-state index in [1.807, 2.05) is 24.3 Å².